The summed E-state index contributed by atoms with van der Waals surface area (Å²) in [5, 5.41) is 4.05. The molecule has 0 bridgehead atoms. The second-order valence-electron chi connectivity index (χ2n) is 7.10. The van der Waals surface area contributed by atoms with E-state index in [2.05, 4.69) is 15.0 Å². The number of rotatable bonds is 4. The Morgan fingerprint density at radius 2 is 1.83 bits per heavy atom. The molecule has 1 aliphatic heterocycles. The molecule has 140 valence electrons. The van der Waals surface area contributed by atoms with Gasteiger partial charge in [0.2, 0.25) is 11.8 Å². The molecule has 1 aliphatic rings. The molecule has 0 spiro atoms. The average Bonchev–Trinajstić information content (AvgIpc) is 2.87. The third kappa shape index (κ3) is 6.55. The van der Waals surface area contributed by atoms with E-state index in [1.165, 1.54) is 0 Å². The topological polar surface area (TPSA) is 88.5 Å². The Kier molecular flexibility index (Phi) is 9.20. The summed E-state index contributed by atoms with van der Waals surface area (Å²) >= 11 is 0. The fraction of sp³-hybridized carbons (Fsp3) is 0.800. The van der Waals surface area contributed by atoms with Gasteiger partial charge in [-0.15, -0.1) is 24.8 Å². The first kappa shape index (κ1) is 23.1. The lowest BCUT2D eigenvalue weighted by molar-refractivity contribution is -0.133. The highest BCUT2D eigenvalue weighted by molar-refractivity contribution is 5.85. The van der Waals surface area contributed by atoms with Gasteiger partial charge in [-0.05, 0) is 6.92 Å². The number of hydrogen-bond acceptors (Lipinski definition) is 6. The van der Waals surface area contributed by atoms with E-state index < -0.39 is 0 Å². The molecule has 1 atom stereocenters. The van der Waals surface area contributed by atoms with Crippen LogP contribution in [0.5, 0.6) is 0 Å². The number of carbonyl (C=O) groups excluding carboxylic acids is 1. The van der Waals surface area contributed by atoms with Gasteiger partial charge in [-0.25, -0.2) is 0 Å². The fourth-order valence-electron chi connectivity index (χ4n) is 2.38. The summed E-state index contributed by atoms with van der Waals surface area (Å²) in [6.07, 6.45) is 0.416. The predicted molar refractivity (Wildman–Crippen MR) is 97.6 cm³/mol. The Morgan fingerprint density at radius 3 is 2.29 bits per heavy atom. The molecular weight excluding hydrogens is 353 g/mol. The summed E-state index contributed by atoms with van der Waals surface area (Å²) in [6.45, 7) is 11.8. The van der Waals surface area contributed by atoms with Crippen LogP contribution in [0, 0.1) is 0 Å². The highest BCUT2D eigenvalue weighted by atomic mass is 35.5. The Morgan fingerprint density at radius 1 is 1.25 bits per heavy atom. The summed E-state index contributed by atoms with van der Waals surface area (Å²) in [5.41, 5.74) is 5.55. The van der Waals surface area contributed by atoms with Crippen molar-refractivity contribution >= 4 is 30.7 Å². The van der Waals surface area contributed by atoms with Gasteiger partial charge in [-0.1, -0.05) is 25.9 Å². The van der Waals surface area contributed by atoms with Crippen LogP contribution in [-0.4, -0.2) is 58.1 Å². The number of halogens is 2. The maximum atomic E-state index is 12.0. The van der Waals surface area contributed by atoms with E-state index in [9.17, 15) is 4.79 Å². The monoisotopic (exact) mass is 381 g/mol. The lowest BCUT2D eigenvalue weighted by Crippen LogP contribution is -2.49. The number of amides is 1. The molecule has 7 nitrogen and oxygen atoms in total. The zero-order chi connectivity index (χ0) is 16.3. The minimum Gasteiger partial charge on any atom is -0.340 e. The van der Waals surface area contributed by atoms with E-state index in [0.29, 0.717) is 24.7 Å². The molecule has 2 heterocycles. The van der Waals surface area contributed by atoms with Crippen LogP contribution in [-0.2, 0) is 16.8 Å². The van der Waals surface area contributed by atoms with Gasteiger partial charge in [0, 0.05) is 44.1 Å². The zero-order valence-electron chi connectivity index (χ0n) is 14.8. The third-order valence-corrected chi connectivity index (χ3v) is 3.70. The molecule has 0 aliphatic carbocycles. The molecular formula is C15H29Cl2N5O2. The number of nitrogens with zero attached hydrogens (tertiary/aromatic N) is 4. The molecule has 2 rings (SSSR count). The standard InChI is InChI=1S/C15H27N5O2.2ClH/c1-11(16)9-13(21)20-7-5-19(6-8-20)10-12-17-14(22-18-12)15(2,3)4;;/h11H,5-10,16H2,1-4H3;2*1H. The van der Waals surface area contributed by atoms with Crippen LogP contribution in [0.15, 0.2) is 4.52 Å². The van der Waals surface area contributed by atoms with Gasteiger partial charge in [-0.3, -0.25) is 9.69 Å². The number of aromatic nitrogens is 2. The van der Waals surface area contributed by atoms with Gasteiger partial charge < -0.3 is 15.2 Å². The Labute approximate surface area is 156 Å². The van der Waals surface area contributed by atoms with E-state index in [4.69, 9.17) is 10.3 Å². The average molecular weight is 382 g/mol. The van der Waals surface area contributed by atoms with E-state index in [0.717, 1.165) is 26.2 Å². The maximum absolute atomic E-state index is 12.0. The molecule has 1 amide bonds. The summed E-state index contributed by atoms with van der Waals surface area (Å²) in [5.74, 6) is 1.51. The zero-order valence-corrected chi connectivity index (χ0v) is 16.5. The van der Waals surface area contributed by atoms with E-state index in [1.807, 2.05) is 32.6 Å². The van der Waals surface area contributed by atoms with E-state index in [1.54, 1.807) is 0 Å². The molecule has 2 N–H and O–H groups in total. The highest BCUT2D eigenvalue weighted by Gasteiger charge is 2.25. The Hall–Kier alpha value is -0.890. The lowest BCUT2D eigenvalue weighted by atomic mass is 9.97. The van der Waals surface area contributed by atoms with Crippen LogP contribution in [0.4, 0.5) is 0 Å². The first-order valence-electron chi connectivity index (χ1n) is 7.84. The molecule has 0 aromatic carbocycles. The number of hydrogen-bond donors (Lipinski definition) is 1. The second-order valence-corrected chi connectivity index (χ2v) is 7.10. The van der Waals surface area contributed by atoms with Crippen LogP contribution in [0.1, 0.15) is 45.8 Å². The van der Waals surface area contributed by atoms with Crippen molar-refractivity contribution in [2.24, 2.45) is 5.73 Å². The number of carbonyl (C=O) groups is 1. The Balaban J connectivity index is 0.00000264. The summed E-state index contributed by atoms with van der Waals surface area (Å²) in [4.78, 5) is 20.6. The van der Waals surface area contributed by atoms with Crippen molar-refractivity contribution in [2.45, 2.75) is 52.1 Å². The summed E-state index contributed by atoms with van der Waals surface area (Å²) < 4.78 is 5.31. The van der Waals surface area contributed by atoms with Crippen molar-refractivity contribution < 1.29 is 9.32 Å². The van der Waals surface area contributed by atoms with Gasteiger partial charge in [0.1, 0.15) is 0 Å². The smallest absolute Gasteiger partial charge is 0.232 e. The Bertz CT molecular complexity index is 508. The van der Waals surface area contributed by atoms with E-state index in [-0.39, 0.29) is 42.2 Å². The van der Waals surface area contributed by atoms with Gasteiger partial charge in [-0.2, -0.15) is 4.98 Å². The molecule has 1 unspecified atom stereocenters. The molecule has 1 saturated heterocycles. The molecule has 1 fully saturated rings. The lowest BCUT2D eigenvalue weighted by Gasteiger charge is -2.34. The summed E-state index contributed by atoms with van der Waals surface area (Å²) in [6, 6.07) is -0.0827. The molecule has 24 heavy (non-hydrogen) atoms. The first-order valence-corrected chi connectivity index (χ1v) is 7.84. The quantitative estimate of drug-likeness (QED) is 0.851. The molecule has 0 radical (unpaired) electrons. The number of nitrogens with two attached hydrogens (primary N) is 1. The van der Waals surface area contributed by atoms with Crippen molar-refractivity contribution in [1.29, 1.82) is 0 Å². The minimum atomic E-state index is -0.130. The van der Waals surface area contributed by atoms with Crippen LogP contribution >= 0.6 is 24.8 Å². The molecule has 9 heteroatoms. The van der Waals surface area contributed by atoms with Gasteiger partial charge >= 0.3 is 0 Å². The van der Waals surface area contributed by atoms with Crippen LogP contribution in [0.25, 0.3) is 0 Å². The molecule has 1 aromatic heterocycles. The second kappa shape index (κ2) is 9.56. The first-order chi connectivity index (χ1) is 10.3. The van der Waals surface area contributed by atoms with Crippen molar-refractivity contribution in [2.75, 3.05) is 26.2 Å². The van der Waals surface area contributed by atoms with Crippen molar-refractivity contribution in [3.63, 3.8) is 0 Å². The largest absolute Gasteiger partial charge is 0.340 e. The minimum absolute atomic E-state index is 0. The van der Waals surface area contributed by atoms with Gasteiger partial charge in [0.15, 0.2) is 5.82 Å². The van der Waals surface area contributed by atoms with Crippen molar-refractivity contribution in [3.05, 3.63) is 11.7 Å². The predicted octanol–water partition coefficient (Wildman–Crippen LogP) is 1.59. The van der Waals surface area contributed by atoms with E-state index >= 15 is 0 Å². The normalized spacial score (nSPS) is 17.0. The summed E-state index contributed by atoms with van der Waals surface area (Å²) in [7, 11) is 0. The maximum Gasteiger partial charge on any atom is 0.232 e. The van der Waals surface area contributed by atoms with Crippen LogP contribution in [0.2, 0.25) is 0 Å². The van der Waals surface area contributed by atoms with Crippen LogP contribution in [0.3, 0.4) is 0 Å². The van der Waals surface area contributed by atoms with Crippen LogP contribution < -0.4 is 5.73 Å². The van der Waals surface area contributed by atoms with Crippen molar-refractivity contribution in [1.82, 2.24) is 19.9 Å². The SMILES string of the molecule is CC(N)CC(=O)N1CCN(Cc2noc(C(C)(C)C)n2)CC1.Cl.Cl. The highest BCUT2D eigenvalue weighted by Crippen LogP contribution is 2.20. The molecule has 0 saturated carbocycles. The van der Waals surface area contributed by atoms with Gasteiger partial charge in [0.25, 0.3) is 0 Å². The van der Waals surface area contributed by atoms with Crippen molar-refractivity contribution in [3.8, 4) is 0 Å². The number of piperazine rings is 1. The van der Waals surface area contributed by atoms with Gasteiger partial charge in [0.05, 0.1) is 6.54 Å². The molecule has 1 aromatic rings. The third-order valence-electron chi connectivity index (χ3n) is 3.70. The fourth-order valence-corrected chi connectivity index (χ4v) is 2.38.